The maximum atomic E-state index is 13.1. The zero-order chi connectivity index (χ0) is 19.1. The van der Waals surface area contributed by atoms with Crippen LogP contribution in [-0.2, 0) is 6.54 Å². The molecule has 3 aromatic rings. The molecule has 0 saturated heterocycles. The van der Waals surface area contributed by atoms with Gasteiger partial charge in [-0.1, -0.05) is 13.0 Å². The van der Waals surface area contributed by atoms with Gasteiger partial charge in [0, 0.05) is 36.5 Å². The van der Waals surface area contributed by atoms with E-state index in [2.05, 4.69) is 19.9 Å². The van der Waals surface area contributed by atoms with Crippen molar-refractivity contribution in [2.24, 2.45) is 0 Å². The minimum Gasteiger partial charge on any atom is -0.394 e. The number of carbonyl (C=O) groups excluding carboxylic acids is 1. The number of aliphatic hydroxyl groups is 1. The van der Waals surface area contributed by atoms with Crippen LogP contribution in [0.25, 0.3) is 11.4 Å². The maximum absolute atomic E-state index is 13.1. The monoisotopic (exact) mass is 363 g/mol. The van der Waals surface area contributed by atoms with Crippen molar-refractivity contribution in [3.63, 3.8) is 0 Å². The molecule has 1 unspecified atom stereocenters. The fourth-order valence-corrected chi connectivity index (χ4v) is 2.73. The van der Waals surface area contributed by atoms with E-state index in [0.29, 0.717) is 24.4 Å². The fraction of sp³-hybridized carbons (Fsp3) is 0.250. The van der Waals surface area contributed by atoms with Gasteiger partial charge in [-0.25, -0.2) is 9.97 Å². The second-order valence-electron chi connectivity index (χ2n) is 6.04. The van der Waals surface area contributed by atoms with Crippen LogP contribution in [0.15, 0.2) is 61.3 Å². The Labute approximate surface area is 157 Å². The van der Waals surface area contributed by atoms with Gasteiger partial charge in [-0.05, 0) is 30.7 Å². The Kier molecular flexibility index (Phi) is 6.17. The quantitative estimate of drug-likeness (QED) is 0.693. The van der Waals surface area contributed by atoms with E-state index in [1.807, 2.05) is 31.2 Å². The summed E-state index contributed by atoms with van der Waals surface area (Å²) in [6.07, 6.45) is 8.67. The van der Waals surface area contributed by atoms with E-state index in [9.17, 15) is 9.90 Å². The van der Waals surface area contributed by atoms with Crippen molar-refractivity contribution in [3.05, 3.63) is 72.6 Å². The van der Waals surface area contributed by atoms with Crippen molar-refractivity contribution in [2.75, 3.05) is 6.61 Å². The highest BCUT2D eigenvalue weighted by molar-refractivity contribution is 5.94. The van der Waals surface area contributed by atoms with Crippen LogP contribution in [0.1, 0.15) is 29.4 Å². The van der Waals surface area contributed by atoms with Crippen molar-refractivity contribution in [1.29, 1.82) is 0 Å². The highest BCUT2D eigenvalue weighted by atomic mass is 16.3. The highest BCUT2D eigenvalue weighted by Gasteiger charge is 2.24. The molecule has 0 saturated carbocycles. The zero-order valence-corrected chi connectivity index (χ0v) is 15.1. The summed E-state index contributed by atoms with van der Waals surface area (Å²) in [5, 5.41) is 9.71. The van der Waals surface area contributed by atoms with Crippen molar-refractivity contribution in [3.8, 4) is 11.4 Å². The highest BCUT2D eigenvalue weighted by Crippen LogP contribution is 2.16. The topological polar surface area (TPSA) is 92.1 Å². The third-order valence-corrected chi connectivity index (χ3v) is 4.26. The summed E-state index contributed by atoms with van der Waals surface area (Å²) >= 11 is 0. The first-order chi connectivity index (χ1) is 13.2. The van der Waals surface area contributed by atoms with E-state index in [0.717, 1.165) is 11.3 Å². The number of aliphatic hydroxyl groups excluding tert-OH is 1. The van der Waals surface area contributed by atoms with Gasteiger partial charge in [0.1, 0.15) is 0 Å². The van der Waals surface area contributed by atoms with E-state index < -0.39 is 0 Å². The molecule has 0 aliphatic heterocycles. The summed E-state index contributed by atoms with van der Waals surface area (Å²) in [6.45, 7) is 2.12. The maximum Gasteiger partial charge on any atom is 0.257 e. The summed E-state index contributed by atoms with van der Waals surface area (Å²) in [5.41, 5.74) is 1.90. The van der Waals surface area contributed by atoms with Crippen LogP contribution in [0.2, 0.25) is 0 Å². The van der Waals surface area contributed by atoms with E-state index in [-0.39, 0.29) is 18.6 Å². The lowest BCUT2D eigenvalue weighted by atomic mass is 10.1. The molecule has 3 aromatic heterocycles. The van der Waals surface area contributed by atoms with Crippen LogP contribution in [0, 0.1) is 0 Å². The molecule has 1 atom stereocenters. The van der Waals surface area contributed by atoms with Gasteiger partial charge in [0.15, 0.2) is 5.82 Å². The van der Waals surface area contributed by atoms with Crippen LogP contribution >= 0.6 is 0 Å². The van der Waals surface area contributed by atoms with E-state index in [1.54, 1.807) is 29.6 Å². The van der Waals surface area contributed by atoms with Gasteiger partial charge < -0.3 is 10.0 Å². The molecule has 3 heterocycles. The Balaban J connectivity index is 1.84. The van der Waals surface area contributed by atoms with Gasteiger partial charge in [-0.3, -0.25) is 14.8 Å². The van der Waals surface area contributed by atoms with Crippen LogP contribution in [0.3, 0.4) is 0 Å². The second kappa shape index (κ2) is 8.95. The number of pyridine rings is 2. The third-order valence-electron chi connectivity index (χ3n) is 4.26. The number of amides is 1. The van der Waals surface area contributed by atoms with Gasteiger partial charge in [0.25, 0.3) is 5.91 Å². The average Bonchev–Trinajstić information content (AvgIpc) is 2.75. The summed E-state index contributed by atoms with van der Waals surface area (Å²) in [6, 6.07) is 8.90. The molecule has 0 aromatic carbocycles. The SMILES string of the molecule is CCC(CO)N(Cc1ccccn1)C(=O)c1cnc(-c2cccnc2)nc1. The van der Waals surface area contributed by atoms with Gasteiger partial charge in [-0.15, -0.1) is 0 Å². The molecule has 0 aliphatic carbocycles. The smallest absolute Gasteiger partial charge is 0.257 e. The molecule has 0 spiro atoms. The number of hydrogen-bond acceptors (Lipinski definition) is 6. The van der Waals surface area contributed by atoms with Gasteiger partial charge in [0.2, 0.25) is 0 Å². The van der Waals surface area contributed by atoms with E-state index >= 15 is 0 Å². The predicted octanol–water partition coefficient (Wildman–Crippen LogP) is 2.35. The van der Waals surface area contributed by atoms with Crippen molar-refractivity contribution in [1.82, 2.24) is 24.8 Å². The Morgan fingerprint density at radius 3 is 2.48 bits per heavy atom. The van der Waals surface area contributed by atoms with Crippen LogP contribution in [0.4, 0.5) is 0 Å². The molecular formula is C20H21N5O2. The minimum absolute atomic E-state index is 0.121. The first-order valence-corrected chi connectivity index (χ1v) is 8.77. The van der Waals surface area contributed by atoms with Crippen molar-refractivity contribution < 1.29 is 9.90 Å². The number of rotatable bonds is 7. The number of carbonyl (C=O) groups is 1. The van der Waals surface area contributed by atoms with Gasteiger partial charge in [0.05, 0.1) is 30.5 Å². The number of aromatic nitrogens is 4. The van der Waals surface area contributed by atoms with Crippen molar-refractivity contribution in [2.45, 2.75) is 25.9 Å². The Hall–Kier alpha value is -3.19. The lowest BCUT2D eigenvalue weighted by molar-refractivity contribution is 0.0559. The molecule has 138 valence electrons. The molecule has 7 heteroatoms. The molecule has 7 nitrogen and oxygen atoms in total. The Bertz CT molecular complexity index is 853. The zero-order valence-electron chi connectivity index (χ0n) is 15.1. The largest absolute Gasteiger partial charge is 0.394 e. The molecule has 27 heavy (non-hydrogen) atoms. The summed E-state index contributed by atoms with van der Waals surface area (Å²) in [5.74, 6) is 0.268. The first-order valence-electron chi connectivity index (χ1n) is 8.77. The molecule has 0 bridgehead atoms. The third kappa shape index (κ3) is 4.51. The van der Waals surface area contributed by atoms with E-state index in [1.165, 1.54) is 12.4 Å². The first kappa shape index (κ1) is 18.6. The standard InChI is InChI=1S/C20H21N5O2/c1-2-18(14-26)25(13-17-7-3-4-9-22-17)20(27)16-11-23-19(24-12-16)15-6-5-8-21-10-15/h3-12,18,26H,2,13-14H2,1H3. The van der Waals surface area contributed by atoms with Crippen LogP contribution < -0.4 is 0 Å². The fourth-order valence-electron chi connectivity index (χ4n) is 2.73. The summed E-state index contributed by atoms with van der Waals surface area (Å²) in [4.78, 5) is 31.6. The lowest BCUT2D eigenvalue weighted by Crippen LogP contribution is -2.42. The molecule has 1 amide bonds. The van der Waals surface area contributed by atoms with Gasteiger partial charge >= 0.3 is 0 Å². The van der Waals surface area contributed by atoms with E-state index in [4.69, 9.17) is 0 Å². The lowest BCUT2D eigenvalue weighted by Gasteiger charge is -2.29. The summed E-state index contributed by atoms with van der Waals surface area (Å²) < 4.78 is 0. The van der Waals surface area contributed by atoms with Crippen LogP contribution in [0.5, 0.6) is 0 Å². The summed E-state index contributed by atoms with van der Waals surface area (Å²) in [7, 11) is 0. The Morgan fingerprint density at radius 2 is 1.89 bits per heavy atom. The number of hydrogen-bond donors (Lipinski definition) is 1. The Morgan fingerprint density at radius 1 is 1.07 bits per heavy atom. The molecule has 3 rings (SSSR count). The van der Waals surface area contributed by atoms with Crippen LogP contribution in [-0.4, -0.2) is 48.5 Å². The van der Waals surface area contributed by atoms with Gasteiger partial charge in [-0.2, -0.15) is 0 Å². The molecule has 0 aliphatic rings. The average molecular weight is 363 g/mol. The molecule has 0 radical (unpaired) electrons. The normalized spacial score (nSPS) is 11.8. The van der Waals surface area contributed by atoms with Crippen molar-refractivity contribution >= 4 is 5.91 Å². The minimum atomic E-state index is -0.308. The molecule has 0 fully saturated rings. The second-order valence-corrected chi connectivity index (χ2v) is 6.04. The molecular weight excluding hydrogens is 342 g/mol. The predicted molar refractivity (Wildman–Crippen MR) is 101 cm³/mol. The molecule has 1 N–H and O–H groups in total. The number of nitrogens with zero attached hydrogens (tertiary/aromatic N) is 5.